The Morgan fingerprint density at radius 2 is 1.55 bits per heavy atom. The van der Waals surface area contributed by atoms with Gasteiger partial charge in [-0.15, -0.1) is 0 Å². The Balaban J connectivity index is 1.34. The summed E-state index contributed by atoms with van der Waals surface area (Å²) >= 11 is 0. The number of aromatic amines is 1. The van der Waals surface area contributed by atoms with Crippen molar-refractivity contribution >= 4 is 34.3 Å². The van der Waals surface area contributed by atoms with Gasteiger partial charge in [0, 0.05) is 62.3 Å². The SMILES string of the molecule is CC(=O)N(Cc1ccccc1C(F)(F)F)C(=O)C(Cc1c[nH]c2ccccc12)NC(=O)CN1CCN(c2ccccc2)CC1. The van der Waals surface area contributed by atoms with Crippen LogP contribution in [-0.2, 0) is 33.5 Å². The van der Waals surface area contributed by atoms with Crippen LogP contribution in [0.2, 0.25) is 0 Å². The molecule has 2 N–H and O–H groups in total. The lowest BCUT2D eigenvalue weighted by Crippen LogP contribution is -2.54. The normalized spacial score (nSPS) is 14.8. The summed E-state index contributed by atoms with van der Waals surface area (Å²) in [5.41, 5.74) is 1.54. The van der Waals surface area contributed by atoms with Gasteiger partial charge in [-0.2, -0.15) is 13.2 Å². The molecule has 0 radical (unpaired) electrons. The van der Waals surface area contributed by atoms with Gasteiger partial charge in [0.25, 0.3) is 5.91 Å². The van der Waals surface area contributed by atoms with Gasteiger partial charge in [-0.1, -0.05) is 54.6 Å². The van der Waals surface area contributed by atoms with Crippen molar-refractivity contribution in [1.29, 1.82) is 0 Å². The number of piperazine rings is 1. The second-order valence-corrected chi connectivity index (χ2v) is 10.9. The van der Waals surface area contributed by atoms with Crippen molar-refractivity contribution in [3.63, 3.8) is 0 Å². The minimum Gasteiger partial charge on any atom is -0.369 e. The molecule has 1 saturated heterocycles. The largest absolute Gasteiger partial charge is 0.416 e. The third-order valence-electron chi connectivity index (χ3n) is 7.89. The number of hydrogen-bond acceptors (Lipinski definition) is 5. The summed E-state index contributed by atoms with van der Waals surface area (Å²) in [5, 5.41) is 3.64. The molecule has 4 aromatic rings. The Bertz CT molecular complexity index is 1610. The number of hydrogen-bond donors (Lipinski definition) is 2. The van der Waals surface area contributed by atoms with Crippen LogP contribution in [0, 0.1) is 0 Å². The first-order valence-corrected chi connectivity index (χ1v) is 14.4. The zero-order valence-corrected chi connectivity index (χ0v) is 24.3. The maximum atomic E-state index is 13.9. The Morgan fingerprint density at radius 3 is 2.25 bits per heavy atom. The van der Waals surface area contributed by atoms with Crippen molar-refractivity contribution in [3.8, 4) is 0 Å². The molecule has 1 aliphatic heterocycles. The van der Waals surface area contributed by atoms with Crippen LogP contribution in [0.25, 0.3) is 10.9 Å². The van der Waals surface area contributed by atoms with Crippen molar-refractivity contribution in [2.45, 2.75) is 32.1 Å². The van der Waals surface area contributed by atoms with Crippen LogP contribution in [0.1, 0.15) is 23.6 Å². The fourth-order valence-electron chi connectivity index (χ4n) is 5.60. The monoisotopic (exact) mass is 605 g/mol. The van der Waals surface area contributed by atoms with E-state index in [1.807, 2.05) is 59.5 Å². The molecule has 3 aromatic carbocycles. The number of aromatic nitrogens is 1. The fourth-order valence-corrected chi connectivity index (χ4v) is 5.60. The zero-order chi connectivity index (χ0) is 31.3. The van der Waals surface area contributed by atoms with Gasteiger partial charge in [0.2, 0.25) is 11.8 Å². The first-order valence-electron chi connectivity index (χ1n) is 14.4. The predicted octanol–water partition coefficient (Wildman–Crippen LogP) is 4.61. The Morgan fingerprint density at radius 1 is 0.886 bits per heavy atom. The minimum atomic E-state index is -4.66. The minimum absolute atomic E-state index is 0.0390. The van der Waals surface area contributed by atoms with Crippen LogP contribution in [-0.4, -0.2) is 71.3 Å². The number of imide groups is 1. The van der Waals surface area contributed by atoms with E-state index in [0.29, 0.717) is 13.1 Å². The summed E-state index contributed by atoms with van der Waals surface area (Å²) in [6.07, 6.45) is -2.89. The van der Waals surface area contributed by atoms with Gasteiger partial charge < -0.3 is 15.2 Å². The molecule has 0 saturated carbocycles. The van der Waals surface area contributed by atoms with E-state index in [1.165, 1.54) is 18.2 Å². The van der Waals surface area contributed by atoms with Gasteiger partial charge in [0.15, 0.2) is 0 Å². The Hall–Kier alpha value is -4.64. The highest BCUT2D eigenvalue weighted by molar-refractivity contribution is 5.99. The molecule has 230 valence electrons. The fraction of sp³-hybridized carbons (Fsp3) is 0.303. The molecule has 11 heteroatoms. The topological polar surface area (TPSA) is 88.8 Å². The number of H-pyrrole nitrogens is 1. The lowest BCUT2D eigenvalue weighted by molar-refractivity contribution is -0.148. The number of fused-ring (bicyclic) bond motifs is 1. The number of para-hydroxylation sites is 2. The van der Waals surface area contributed by atoms with E-state index in [-0.39, 0.29) is 18.5 Å². The summed E-state index contributed by atoms with van der Waals surface area (Å²) in [4.78, 5) is 48.1. The standard InChI is InChI=1S/C33H34F3N5O3/c1-23(42)41(21-24-9-5-7-13-28(24)33(34,35)36)32(44)30(19-25-20-37-29-14-8-6-12-27(25)29)38-31(43)22-39-15-17-40(18-16-39)26-10-3-2-4-11-26/h2-14,20,30,37H,15-19,21-22H2,1H3,(H,38,43). The van der Waals surface area contributed by atoms with Crippen LogP contribution in [0.4, 0.5) is 18.9 Å². The number of rotatable bonds is 9. The van der Waals surface area contributed by atoms with Crippen molar-refractivity contribution in [2.75, 3.05) is 37.6 Å². The molecule has 1 unspecified atom stereocenters. The predicted molar refractivity (Wildman–Crippen MR) is 162 cm³/mol. The number of amides is 3. The smallest absolute Gasteiger partial charge is 0.369 e. The molecular weight excluding hydrogens is 571 g/mol. The van der Waals surface area contributed by atoms with E-state index in [4.69, 9.17) is 0 Å². The summed E-state index contributed by atoms with van der Waals surface area (Å²) in [7, 11) is 0. The van der Waals surface area contributed by atoms with E-state index >= 15 is 0 Å². The maximum absolute atomic E-state index is 13.9. The quantitative estimate of drug-likeness (QED) is 0.291. The van der Waals surface area contributed by atoms with Crippen molar-refractivity contribution < 1.29 is 27.6 Å². The van der Waals surface area contributed by atoms with E-state index < -0.39 is 42.0 Å². The van der Waals surface area contributed by atoms with E-state index in [1.54, 1.807) is 6.20 Å². The molecule has 8 nitrogen and oxygen atoms in total. The Labute approximate surface area is 253 Å². The molecule has 2 heterocycles. The van der Waals surface area contributed by atoms with Crippen LogP contribution in [0.3, 0.4) is 0 Å². The summed E-state index contributed by atoms with van der Waals surface area (Å²) in [5.74, 6) is -1.90. The van der Waals surface area contributed by atoms with Crippen molar-refractivity contribution in [1.82, 2.24) is 20.1 Å². The molecule has 44 heavy (non-hydrogen) atoms. The number of nitrogens with zero attached hydrogens (tertiary/aromatic N) is 3. The van der Waals surface area contributed by atoms with E-state index in [0.717, 1.165) is 53.1 Å². The summed E-state index contributed by atoms with van der Waals surface area (Å²) < 4.78 is 41.2. The molecular formula is C33H34F3N5O3. The third-order valence-corrected chi connectivity index (χ3v) is 7.89. The Kier molecular flexibility index (Phi) is 9.34. The molecule has 1 atom stereocenters. The van der Waals surface area contributed by atoms with Gasteiger partial charge in [0.05, 0.1) is 18.7 Å². The van der Waals surface area contributed by atoms with Gasteiger partial charge in [0.1, 0.15) is 6.04 Å². The van der Waals surface area contributed by atoms with Crippen LogP contribution < -0.4 is 10.2 Å². The van der Waals surface area contributed by atoms with Crippen LogP contribution in [0.5, 0.6) is 0 Å². The number of anilines is 1. The highest BCUT2D eigenvalue weighted by atomic mass is 19.4. The molecule has 1 fully saturated rings. The molecule has 0 bridgehead atoms. The molecule has 5 rings (SSSR count). The molecule has 1 aliphatic rings. The molecule has 0 aliphatic carbocycles. The lowest BCUT2D eigenvalue weighted by atomic mass is 10.0. The van der Waals surface area contributed by atoms with Crippen molar-refractivity contribution in [2.24, 2.45) is 0 Å². The first-order chi connectivity index (χ1) is 21.1. The molecule has 3 amide bonds. The van der Waals surface area contributed by atoms with Gasteiger partial charge in [-0.25, -0.2) is 0 Å². The van der Waals surface area contributed by atoms with E-state index in [2.05, 4.69) is 15.2 Å². The highest BCUT2D eigenvalue weighted by Crippen LogP contribution is 2.32. The second-order valence-electron chi connectivity index (χ2n) is 10.9. The summed E-state index contributed by atoms with van der Waals surface area (Å²) in [6, 6.07) is 21.1. The average molecular weight is 606 g/mol. The lowest BCUT2D eigenvalue weighted by Gasteiger charge is -2.36. The molecule has 0 spiro atoms. The maximum Gasteiger partial charge on any atom is 0.416 e. The second kappa shape index (κ2) is 13.3. The number of benzene rings is 3. The first kappa shape index (κ1) is 30.8. The number of halogens is 3. The number of nitrogens with one attached hydrogen (secondary N) is 2. The van der Waals surface area contributed by atoms with Gasteiger partial charge >= 0.3 is 6.18 Å². The van der Waals surface area contributed by atoms with Gasteiger partial charge in [-0.3, -0.25) is 24.2 Å². The summed E-state index contributed by atoms with van der Waals surface area (Å²) in [6.45, 7) is 3.32. The van der Waals surface area contributed by atoms with Crippen molar-refractivity contribution in [3.05, 3.63) is 102 Å². The number of carbonyl (C=O) groups is 3. The van der Waals surface area contributed by atoms with Gasteiger partial charge in [-0.05, 0) is 35.4 Å². The number of alkyl halides is 3. The zero-order valence-electron chi connectivity index (χ0n) is 24.3. The molecule has 1 aromatic heterocycles. The average Bonchev–Trinajstić information content (AvgIpc) is 3.42. The van der Waals surface area contributed by atoms with E-state index in [9.17, 15) is 27.6 Å². The van der Waals surface area contributed by atoms with Crippen LogP contribution in [0.15, 0.2) is 85.1 Å². The van der Waals surface area contributed by atoms with Crippen LogP contribution >= 0.6 is 0 Å². The third kappa shape index (κ3) is 7.28. The number of carbonyl (C=O) groups excluding carboxylic acids is 3. The highest BCUT2D eigenvalue weighted by Gasteiger charge is 2.36.